The number of ether oxygens (including phenoxy) is 10. The number of esters is 4. The molecule has 10 atom stereocenters. The van der Waals surface area contributed by atoms with Crippen LogP contribution in [0.2, 0.25) is 0 Å². The molecule has 0 aromatic heterocycles. The van der Waals surface area contributed by atoms with E-state index in [-0.39, 0.29) is 26.4 Å². The summed E-state index contributed by atoms with van der Waals surface area (Å²) in [5.74, 6) is -3.00. The average molecular weight is 781 g/mol. The van der Waals surface area contributed by atoms with Gasteiger partial charge in [0, 0.05) is 27.7 Å². The molecule has 2 fully saturated rings. The minimum Gasteiger partial charge on any atom is -0.463 e. The molecular weight excluding hydrogens is 732 g/mol. The summed E-state index contributed by atoms with van der Waals surface area (Å²) in [7, 11) is 0. The molecule has 2 heterocycles. The Hall–Kier alpha value is -4.74. The number of hydrogen-bond donors (Lipinski definition) is 1. The van der Waals surface area contributed by atoms with Crippen molar-refractivity contribution in [2.24, 2.45) is 0 Å². The van der Waals surface area contributed by atoms with Gasteiger partial charge in [0.25, 0.3) is 0 Å². The maximum atomic E-state index is 12.4. The number of benzene rings is 3. The van der Waals surface area contributed by atoms with Crippen molar-refractivity contribution in [3.8, 4) is 0 Å². The highest BCUT2D eigenvalue weighted by molar-refractivity contribution is 5.68. The van der Waals surface area contributed by atoms with Crippen LogP contribution in [0.5, 0.6) is 0 Å². The molecule has 3 aromatic carbocycles. The van der Waals surface area contributed by atoms with E-state index in [0.717, 1.165) is 37.5 Å². The van der Waals surface area contributed by atoms with Gasteiger partial charge in [0.2, 0.25) is 0 Å². The van der Waals surface area contributed by atoms with E-state index in [2.05, 4.69) is 0 Å². The minimum absolute atomic E-state index is 0.122. The van der Waals surface area contributed by atoms with Gasteiger partial charge in [-0.2, -0.15) is 0 Å². The van der Waals surface area contributed by atoms with E-state index in [1.54, 1.807) is 0 Å². The van der Waals surface area contributed by atoms with Crippen molar-refractivity contribution < 1.29 is 71.7 Å². The lowest BCUT2D eigenvalue weighted by atomic mass is 9.97. The first kappa shape index (κ1) is 42.4. The Balaban J connectivity index is 1.46. The number of aliphatic hydroxyl groups is 1. The molecule has 56 heavy (non-hydrogen) atoms. The van der Waals surface area contributed by atoms with Gasteiger partial charge in [0.15, 0.2) is 30.9 Å². The van der Waals surface area contributed by atoms with Gasteiger partial charge in [0.1, 0.15) is 37.1 Å². The van der Waals surface area contributed by atoms with Crippen molar-refractivity contribution in [1.82, 2.24) is 0 Å². The number of rotatable bonds is 17. The van der Waals surface area contributed by atoms with Crippen LogP contribution in [0.25, 0.3) is 0 Å². The molecule has 15 nitrogen and oxygen atoms in total. The molecule has 0 radical (unpaired) electrons. The fraction of sp³-hybridized carbons (Fsp3) is 0.463. The van der Waals surface area contributed by atoms with Gasteiger partial charge >= 0.3 is 23.9 Å². The number of carbonyl (C=O) groups excluding carboxylic acids is 4. The van der Waals surface area contributed by atoms with Gasteiger partial charge in [-0.15, -0.1) is 0 Å². The van der Waals surface area contributed by atoms with Crippen LogP contribution >= 0.6 is 0 Å². The number of hydrogen-bond acceptors (Lipinski definition) is 15. The third-order valence-corrected chi connectivity index (χ3v) is 8.84. The molecule has 2 aliphatic heterocycles. The van der Waals surface area contributed by atoms with Crippen molar-refractivity contribution in [2.45, 2.75) is 109 Å². The summed E-state index contributed by atoms with van der Waals surface area (Å²) in [6, 6.07) is 28.3. The van der Waals surface area contributed by atoms with Gasteiger partial charge in [0.05, 0.1) is 26.4 Å². The van der Waals surface area contributed by atoms with Crippen molar-refractivity contribution >= 4 is 23.9 Å². The van der Waals surface area contributed by atoms with Crippen LogP contribution in [-0.2, 0) is 86.4 Å². The molecule has 302 valence electrons. The number of carbonyl (C=O) groups is 4. The molecule has 5 rings (SSSR count). The summed E-state index contributed by atoms with van der Waals surface area (Å²) in [5, 5.41) is 11.5. The lowest BCUT2D eigenvalue weighted by molar-refractivity contribution is -0.339. The Morgan fingerprint density at radius 2 is 0.911 bits per heavy atom. The van der Waals surface area contributed by atoms with Crippen LogP contribution in [-0.4, -0.2) is 104 Å². The van der Waals surface area contributed by atoms with Crippen LogP contribution < -0.4 is 0 Å². The highest BCUT2D eigenvalue weighted by Gasteiger charge is 2.54. The summed E-state index contributed by atoms with van der Waals surface area (Å²) in [6.45, 7) is 4.16. The van der Waals surface area contributed by atoms with Crippen molar-refractivity contribution in [1.29, 1.82) is 0 Å². The zero-order valence-electron chi connectivity index (χ0n) is 31.6. The van der Waals surface area contributed by atoms with E-state index in [9.17, 15) is 24.3 Å². The highest BCUT2D eigenvalue weighted by atomic mass is 16.7. The normalized spacial score (nSPS) is 27.4. The molecule has 6 unspecified atom stereocenters. The van der Waals surface area contributed by atoms with E-state index < -0.39 is 91.9 Å². The molecular formula is C41H48O15. The Bertz CT molecular complexity index is 1690. The first-order chi connectivity index (χ1) is 27.0. The van der Waals surface area contributed by atoms with Crippen LogP contribution in [0.3, 0.4) is 0 Å². The Morgan fingerprint density at radius 3 is 1.39 bits per heavy atom. The molecule has 0 aliphatic carbocycles. The molecule has 15 heteroatoms. The van der Waals surface area contributed by atoms with E-state index in [4.69, 9.17) is 47.4 Å². The zero-order chi connectivity index (χ0) is 40.0. The molecule has 2 saturated heterocycles. The monoisotopic (exact) mass is 780 g/mol. The Labute approximate surface area is 325 Å². The SMILES string of the molecule is CC(=O)OCC1O[C@@H](OCC2O[C@H](O)C(OCc3ccccc3)C(OCc3ccccc3)[C@@H]2OCc2ccccc2)C(OC(C)=O)C(OC(C)=O)[C@@H]1OC(C)=O. The largest absolute Gasteiger partial charge is 0.463 e. The predicted molar refractivity (Wildman–Crippen MR) is 194 cm³/mol. The maximum Gasteiger partial charge on any atom is 0.303 e. The highest BCUT2D eigenvalue weighted by Crippen LogP contribution is 2.33. The van der Waals surface area contributed by atoms with Crippen LogP contribution in [0.1, 0.15) is 44.4 Å². The number of aliphatic hydroxyl groups excluding tert-OH is 1. The second-order valence-electron chi connectivity index (χ2n) is 13.2. The first-order valence-corrected chi connectivity index (χ1v) is 18.2. The molecule has 0 saturated carbocycles. The third-order valence-electron chi connectivity index (χ3n) is 8.84. The molecule has 0 amide bonds. The molecule has 1 N–H and O–H groups in total. The topological polar surface area (TPSA) is 181 Å². The maximum absolute atomic E-state index is 12.4. The van der Waals surface area contributed by atoms with E-state index in [1.165, 1.54) is 6.92 Å². The summed E-state index contributed by atoms with van der Waals surface area (Å²) in [5.41, 5.74) is 2.57. The quantitative estimate of drug-likeness (QED) is 0.155. The summed E-state index contributed by atoms with van der Waals surface area (Å²) in [6.07, 6.45) is -12.5. The summed E-state index contributed by atoms with van der Waals surface area (Å²) < 4.78 is 59.7. The Kier molecular flexibility index (Phi) is 15.9. The van der Waals surface area contributed by atoms with E-state index in [1.807, 2.05) is 91.0 Å². The van der Waals surface area contributed by atoms with Gasteiger partial charge in [-0.3, -0.25) is 19.2 Å². The predicted octanol–water partition coefficient (Wildman–Crippen LogP) is 3.56. The summed E-state index contributed by atoms with van der Waals surface area (Å²) in [4.78, 5) is 48.7. The van der Waals surface area contributed by atoms with Crippen molar-refractivity contribution in [3.63, 3.8) is 0 Å². The first-order valence-electron chi connectivity index (χ1n) is 18.2. The molecule has 0 spiro atoms. The molecule has 0 bridgehead atoms. The fourth-order valence-corrected chi connectivity index (χ4v) is 6.41. The lowest BCUT2D eigenvalue weighted by Gasteiger charge is -2.46. The van der Waals surface area contributed by atoms with Crippen LogP contribution in [0.15, 0.2) is 91.0 Å². The van der Waals surface area contributed by atoms with Gasteiger partial charge in [-0.1, -0.05) is 91.0 Å². The van der Waals surface area contributed by atoms with Crippen LogP contribution in [0, 0.1) is 0 Å². The zero-order valence-corrected chi connectivity index (χ0v) is 31.6. The van der Waals surface area contributed by atoms with E-state index in [0.29, 0.717) is 0 Å². The Morgan fingerprint density at radius 1 is 0.482 bits per heavy atom. The summed E-state index contributed by atoms with van der Waals surface area (Å²) >= 11 is 0. The van der Waals surface area contributed by atoms with E-state index >= 15 is 0 Å². The van der Waals surface area contributed by atoms with Crippen LogP contribution in [0.4, 0.5) is 0 Å². The van der Waals surface area contributed by atoms with Crippen molar-refractivity contribution in [2.75, 3.05) is 13.2 Å². The minimum atomic E-state index is -1.53. The van der Waals surface area contributed by atoms with Crippen molar-refractivity contribution in [3.05, 3.63) is 108 Å². The molecule has 2 aliphatic rings. The fourth-order valence-electron chi connectivity index (χ4n) is 6.41. The van der Waals surface area contributed by atoms with Gasteiger partial charge < -0.3 is 52.5 Å². The second-order valence-corrected chi connectivity index (χ2v) is 13.2. The third kappa shape index (κ3) is 12.4. The van der Waals surface area contributed by atoms with Gasteiger partial charge in [-0.25, -0.2) is 0 Å². The molecule has 3 aromatic rings. The standard InChI is InChI=1S/C41H48O15/c1-25(42)47-23-33-35(52-26(2)43)37(53-27(3)44)39(54-28(4)45)41(56-33)51-24-32-34(48-20-29-14-8-5-9-15-29)36(49-21-30-16-10-6-11-17-30)38(40(46)55-32)50-22-31-18-12-7-13-19-31/h5-19,32-41,46H,20-24H2,1-4H3/t32?,33?,34-,35-,36?,37?,38?,39?,40+,41-/m1/s1. The van der Waals surface area contributed by atoms with Gasteiger partial charge in [-0.05, 0) is 16.7 Å². The average Bonchev–Trinajstić information content (AvgIpc) is 3.17. The smallest absolute Gasteiger partial charge is 0.303 e. The second kappa shape index (κ2) is 21.0. The lowest BCUT2D eigenvalue weighted by Crippen LogP contribution is -2.64.